The summed E-state index contributed by atoms with van der Waals surface area (Å²) in [5, 5.41) is 3.10. The first-order valence-electron chi connectivity index (χ1n) is 14.8. The Morgan fingerprint density at radius 3 is 2.09 bits per heavy atom. The van der Waals surface area contributed by atoms with E-state index in [-0.39, 0.29) is 45.7 Å². The Kier molecular flexibility index (Phi) is 8.25. The zero-order valence-electron chi connectivity index (χ0n) is 26.0. The molecule has 0 aromatic heterocycles. The van der Waals surface area contributed by atoms with Gasteiger partial charge >= 0.3 is 0 Å². The number of amides is 1. The minimum Gasteiger partial charge on any atom is -0.490 e. The maximum atomic E-state index is 13.7. The third kappa shape index (κ3) is 6.37. The van der Waals surface area contributed by atoms with Gasteiger partial charge < -0.3 is 19.5 Å². The number of ketones is 2. The van der Waals surface area contributed by atoms with Crippen LogP contribution in [0.1, 0.15) is 82.9 Å². The van der Waals surface area contributed by atoms with Crippen molar-refractivity contribution in [1.29, 1.82) is 0 Å². The highest BCUT2D eigenvalue weighted by Crippen LogP contribution is 2.54. The molecule has 2 aromatic rings. The molecule has 3 aliphatic rings. The molecule has 43 heavy (non-hydrogen) atoms. The largest absolute Gasteiger partial charge is 0.490 e. The number of aryl methyl sites for hydroxylation is 2. The molecule has 0 saturated carbocycles. The highest BCUT2D eigenvalue weighted by molar-refractivity contribution is 6.32. The van der Waals surface area contributed by atoms with Crippen LogP contribution in [0.3, 0.4) is 0 Å². The van der Waals surface area contributed by atoms with E-state index in [0.29, 0.717) is 72.0 Å². The summed E-state index contributed by atoms with van der Waals surface area (Å²) in [7, 11) is 0. The molecule has 1 amide bonds. The van der Waals surface area contributed by atoms with Gasteiger partial charge in [0.15, 0.2) is 29.7 Å². The van der Waals surface area contributed by atoms with Gasteiger partial charge in [0, 0.05) is 48.4 Å². The van der Waals surface area contributed by atoms with E-state index < -0.39 is 5.92 Å². The molecule has 0 spiro atoms. The van der Waals surface area contributed by atoms with Gasteiger partial charge in [-0.3, -0.25) is 14.4 Å². The normalized spacial score (nSPS) is 19.4. The lowest BCUT2D eigenvalue weighted by atomic mass is 9.65. The number of allylic oxidation sites excluding steroid dienone is 4. The van der Waals surface area contributed by atoms with Crippen LogP contribution in [0.25, 0.3) is 0 Å². The summed E-state index contributed by atoms with van der Waals surface area (Å²) in [6.07, 6.45) is 1.91. The number of ether oxygens (including phenoxy) is 3. The summed E-state index contributed by atoms with van der Waals surface area (Å²) in [6, 6.07) is 9.27. The highest BCUT2D eigenvalue weighted by Gasteiger charge is 2.48. The third-order valence-corrected chi connectivity index (χ3v) is 8.53. The number of carbonyl (C=O) groups is 3. The molecule has 0 atom stereocenters. The number of anilines is 1. The number of Topliss-reactive ketones (excluding diaryl/α,β-unsaturated/α-hetero) is 2. The van der Waals surface area contributed by atoms with Crippen LogP contribution in [0.5, 0.6) is 11.5 Å². The molecule has 7 nitrogen and oxygen atoms in total. The molecule has 0 bridgehead atoms. The molecule has 1 N–H and O–H groups in total. The Balaban J connectivity index is 1.51. The number of benzene rings is 2. The second-order valence-electron chi connectivity index (χ2n) is 13.5. The van der Waals surface area contributed by atoms with Crippen LogP contribution in [0.4, 0.5) is 5.69 Å². The second kappa shape index (κ2) is 11.5. The molecule has 228 valence electrons. The fourth-order valence-electron chi connectivity index (χ4n) is 6.44. The van der Waals surface area contributed by atoms with Crippen molar-refractivity contribution in [3.8, 4) is 11.5 Å². The van der Waals surface area contributed by atoms with E-state index in [1.165, 1.54) is 0 Å². The number of hydrogen-bond acceptors (Lipinski definition) is 6. The molecule has 0 radical (unpaired) electrons. The zero-order valence-corrected chi connectivity index (χ0v) is 26.8. The van der Waals surface area contributed by atoms with E-state index in [2.05, 4.69) is 33.0 Å². The van der Waals surface area contributed by atoms with Gasteiger partial charge in [-0.05, 0) is 60.9 Å². The Bertz CT molecular complexity index is 1530. The van der Waals surface area contributed by atoms with Gasteiger partial charge in [0.2, 0.25) is 0 Å². The summed E-state index contributed by atoms with van der Waals surface area (Å²) in [4.78, 5) is 40.1. The van der Waals surface area contributed by atoms with Crippen molar-refractivity contribution in [2.45, 2.75) is 80.1 Å². The lowest BCUT2D eigenvalue weighted by Gasteiger charge is -2.42. The van der Waals surface area contributed by atoms with Gasteiger partial charge in [0.25, 0.3) is 5.91 Å². The quantitative estimate of drug-likeness (QED) is 0.347. The minimum absolute atomic E-state index is 0.0297. The van der Waals surface area contributed by atoms with Gasteiger partial charge in [-0.15, -0.1) is 0 Å². The van der Waals surface area contributed by atoms with Crippen LogP contribution in [0, 0.1) is 24.7 Å². The van der Waals surface area contributed by atoms with E-state index in [9.17, 15) is 14.4 Å². The Hall–Kier alpha value is -3.58. The number of carbonyl (C=O) groups excluding carboxylic acids is 3. The second-order valence-corrected chi connectivity index (χ2v) is 13.9. The maximum absolute atomic E-state index is 13.7. The molecule has 8 heteroatoms. The predicted octanol–water partition coefficient (Wildman–Crippen LogP) is 7.77. The van der Waals surface area contributed by atoms with Crippen molar-refractivity contribution in [3.05, 3.63) is 74.7 Å². The Morgan fingerprint density at radius 2 is 1.53 bits per heavy atom. The summed E-state index contributed by atoms with van der Waals surface area (Å²) < 4.78 is 18.3. The first-order chi connectivity index (χ1) is 20.2. The van der Waals surface area contributed by atoms with Crippen molar-refractivity contribution < 1.29 is 28.6 Å². The molecular formula is C35H40ClNO6. The molecule has 0 unspecified atom stereocenters. The number of nitrogens with one attached hydrogen (secondary N) is 1. The fourth-order valence-corrected chi connectivity index (χ4v) is 6.72. The van der Waals surface area contributed by atoms with E-state index in [1.807, 2.05) is 39.0 Å². The van der Waals surface area contributed by atoms with Crippen LogP contribution < -0.4 is 14.8 Å². The van der Waals surface area contributed by atoms with Gasteiger partial charge in [0.1, 0.15) is 11.5 Å². The summed E-state index contributed by atoms with van der Waals surface area (Å²) in [6.45, 7) is 14.0. The van der Waals surface area contributed by atoms with Gasteiger partial charge in [0.05, 0.1) is 11.6 Å². The summed E-state index contributed by atoms with van der Waals surface area (Å²) in [5.41, 5.74) is 3.95. The van der Waals surface area contributed by atoms with Crippen molar-refractivity contribution in [2.75, 3.05) is 18.5 Å². The molecular weight excluding hydrogens is 566 g/mol. The Morgan fingerprint density at radius 1 is 0.930 bits per heavy atom. The van der Waals surface area contributed by atoms with Gasteiger partial charge in [-0.2, -0.15) is 0 Å². The molecule has 0 fully saturated rings. The molecule has 2 aliphatic carbocycles. The van der Waals surface area contributed by atoms with E-state index >= 15 is 0 Å². The predicted molar refractivity (Wildman–Crippen MR) is 167 cm³/mol. The Labute approximate surface area is 258 Å². The summed E-state index contributed by atoms with van der Waals surface area (Å²) in [5.74, 6) is 0.814. The monoisotopic (exact) mass is 605 g/mol. The lowest BCUT2D eigenvalue weighted by Crippen LogP contribution is -2.37. The van der Waals surface area contributed by atoms with Gasteiger partial charge in [-0.25, -0.2) is 0 Å². The topological polar surface area (TPSA) is 90.9 Å². The van der Waals surface area contributed by atoms with E-state index in [1.54, 1.807) is 12.1 Å². The molecule has 0 saturated heterocycles. The third-order valence-electron chi connectivity index (χ3n) is 8.25. The molecule has 1 aliphatic heterocycles. The van der Waals surface area contributed by atoms with Crippen molar-refractivity contribution in [1.82, 2.24) is 0 Å². The standard InChI is InChI=1S/C35H40ClNO6/c1-8-41-26-13-21(12-22(36)33(26)42-18-29(40)37-23-10-9-19(2)11-20(23)3)30-31-24(38)14-34(4,5)16-27(31)43-28-17-35(6,7)15-25(39)32(28)30/h9-13,30H,8,14-18H2,1-7H3,(H,37,40). The first kappa shape index (κ1) is 30.9. The van der Waals surface area contributed by atoms with Crippen LogP contribution in [-0.2, 0) is 19.1 Å². The first-order valence-corrected chi connectivity index (χ1v) is 15.2. The average molecular weight is 606 g/mol. The van der Waals surface area contributed by atoms with Crippen molar-refractivity contribution >= 4 is 34.8 Å². The van der Waals surface area contributed by atoms with Crippen LogP contribution in [0.2, 0.25) is 5.02 Å². The SMILES string of the molecule is CCOc1cc(C2C3=C(CC(C)(C)CC3=O)OC3=C2C(=O)CC(C)(C)C3)cc(Cl)c1OCC(=O)Nc1ccc(C)cc1C. The van der Waals surface area contributed by atoms with Crippen LogP contribution >= 0.6 is 11.6 Å². The number of hydrogen-bond donors (Lipinski definition) is 1. The lowest BCUT2D eigenvalue weighted by molar-refractivity contribution is -0.120. The highest BCUT2D eigenvalue weighted by atomic mass is 35.5. The smallest absolute Gasteiger partial charge is 0.262 e. The van der Waals surface area contributed by atoms with E-state index in [0.717, 1.165) is 11.1 Å². The van der Waals surface area contributed by atoms with Crippen molar-refractivity contribution in [2.24, 2.45) is 10.8 Å². The molecule has 1 heterocycles. The van der Waals surface area contributed by atoms with Gasteiger partial charge in [-0.1, -0.05) is 57.0 Å². The van der Waals surface area contributed by atoms with Crippen LogP contribution in [0.15, 0.2) is 53.0 Å². The fraction of sp³-hybridized carbons (Fsp3) is 0.457. The van der Waals surface area contributed by atoms with E-state index in [4.69, 9.17) is 25.8 Å². The maximum Gasteiger partial charge on any atom is 0.262 e. The molecule has 5 rings (SSSR count). The summed E-state index contributed by atoms with van der Waals surface area (Å²) >= 11 is 6.82. The molecule has 2 aromatic carbocycles. The number of rotatable bonds is 7. The zero-order chi connectivity index (χ0) is 31.3. The minimum atomic E-state index is -0.621. The van der Waals surface area contributed by atoms with Crippen molar-refractivity contribution in [3.63, 3.8) is 0 Å². The van der Waals surface area contributed by atoms with Crippen LogP contribution in [-0.4, -0.2) is 30.7 Å². The number of halogens is 1. The average Bonchev–Trinajstić information content (AvgIpc) is 2.87.